The average molecular weight is 397 g/mol. The third-order valence-electron chi connectivity index (χ3n) is 3.87. The van der Waals surface area contributed by atoms with Crippen LogP contribution in [0.4, 0.5) is 10.9 Å². The van der Waals surface area contributed by atoms with Crippen molar-refractivity contribution in [2.75, 3.05) is 17.2 Å². The quantitative estimate of drug-likeness (QED) is 0.512. The van der Waals surface area contributed by atoms with Crippen LogP contribution in [-0.2, 0) is 4.79 Å². The fourth-order valence-corrected chi connectivity index (χ4v) is 4.19. The molecule has 0 radical (unpaired) electrons. The number of nitrogens with zero attached hydrogens (tertiary/aromatic N) is 4. The minimum absolute atomic E-state index is 0.113. The number of benzene rings is 1. The van der Waals surface area contributed by atoms with E-state index in [4.69, 9.17) is 0 Å². The first-order valence-corrected chi connectivity index (χ1v) is 10.0. The molecular weight excluding hydrogens is 380 g/mol. The third kappa shape index (κ3) is 3.93. The molecule has 0 fully saturated rings. The number of hydrogen-bond donors (Lipinski definition) is 2. The van der Waals surface area contributed by atoms with Crippen LogP contribution in [0.1, 0.15) is 11.4 Å². The maximum absolute atomic E-state index is 12.1. The summed E-state index contributed by atoms with van der Waals surface area (Å²) in [4.78, 5) is 21.7. The predicted octanol–water partition coefficient (Wildman–Crippen LogP) is 3.96. The molecule has 0 bridgehead atoms. The van der Waals surface area contributed by atoms with Crippen LogP contribution in [0.5, 0.6) is 0 Å². The Morgan fingerprint density at radius 1 is 1.15 bits per heavy atom. The van der Waals surface area contributed by atoms with Gasteiger partial charge in [-0.25, -0.2) is 9.97 Å². The van der Waals surface area contributed by atoms with Crippen molar-refractivity contribution >= 4 is 49.7 Å². The second kappa shape index (κ2) is 7.77. The lowest BCUT2D eigenvalue weighted by Gasteiger charge is -2.08. The zero-order chi connectivity index (χ0) is 18.6. The Labute approximate surface area is 163 Å². The molecular formula is C18H16N6OS2. The first kappa shape index (κ1) is 17.5. The number of fused-ring (bicyclic) bond motifs is 1. The summed E-state index contributed by atoms with van der Waals surface area (Å²) in [7, 11) is 0. The molecule has 3 heterocycles. The van der Waals surface area contributed by atoms with E-state index >= 15 is 0 Å². The van der Waals surface area contributed by atoms with Gasteiger partial charge in [0.25, 0.3) is 0 Å². The van der Waals surface area contributed by atoms with E-state index in [0.29, 0.717) is 18.1 Å². The van der Waals surface area contributed by atoms with Crippen molar-refractivity contribution in [1.29, 1.82) is 0 Å². The van der Waals surface area contributed by atoms with Crippen molar-refractivity contribution in [3.05, 3.63) is 47.0 Å². The van der Waals surface area contributed by atoms with Crippen LogP contribution >= 0.6 is 22.7 Å². The highest BCUT2D eigenvalue weighted by Gasteiger charge is 2.13. The lowest BCUT2D eigenvalue weighted by atomic mass is 10.1. The summed E-state index contributed by atoms with van der Waals surface area (Å²) in [5.41, 5.74) is 2.21. The number of rotatable bonds is 6. The molecule has 1 amide bonds. The summed E-state index contributed by atoms with van der Waals surface area (Å²) in [5.74, 6) is 0.622. The minimum atomic E-state index is -0.113. The number of amides is 1. The van der Waals surface area contributed by atoms with Crippen LogP contribution in [0, 0.1) is 6.92 Å². The highest BCUT2D eigenvalue weighted by Crippen LogP contribution is 2.36. The minimum Gasteiger partial charge on any atom is -0.369 e. The molecule has 0 spiro atoms. The summed E-state index contributed by atoms with van der Waals surface area (Å²) < 4.78 is 0. The molecule has 0 saturated heterocycles. The normalized spacial score (nSPS) is 10.9. The number of thiophene rings is 1. The van der Waals surface area contributed by atoms with Gasteiger partial charge in [0, 0.05) is 23.9 Å². The van der Waals surface area contributed by atoms with E-state index in [0.717, 1.165) is 32.2 Å². The molecule has 9 heteroatoms. The summed E-state index contributed by atoms with van der Waals surface area (Å²) in [6, 6.07) is 10.1. The lowest BCUT2D eigenvalue weighted by molar-refractivity contribution is -0.115. The van der Waals surface area contributed by atoms with Gasteiger partial charge in [-0.2, -0.15) is 0 Å². The highest BCUT2D eigenvalue weighted by atomic mass is 32.1. The van der Waals surface area contributed by atoms with Gasteiger partial charge in [0.1, 0.15) is 22.0 Å². The molecule has 0 saturated carbocycles. The Morgan fingerprint density at radius 3 is 2.78 bits per heavy atom. The second-order valence-corrected chi connectivity index (χ2v) is 7.81. The maximum Gasteiger partial charge on any atom is 0.227 e. The van der Waals surface area contributed by atoms with E-state index in [1.54, 1.807) is 17.7 Å². The topological polar surface area (TPSA) is 92.7 Å². The highest BCUT2D eigenvalue weighted by molar-refractivity contribution is 7.17. The predicted molar refractivity (Wildman–Crippen MR) is 109 cm³/mol. The number of hydrogen-bond acceptors (Lipinski definition) is 8. The van der Waals surface area contributed by atoms with Crippen LogP contribution in [-0.4, -0.2) is 32.6 Å². The molecule has 4 aromatic rings. The molecule has 27 heavy (non-hydrogen) atoms. The van der Waals surface area contributed by atoms with Gasteiger partial charge in [0.2, 0.25) is 11.0 Å². The van der Waals surface area contributed by atoms with Gasteiger partial charge in [-0.1, -0.05) is 41.7 Å². The Balaban J connectivity index is 1.47. The number of anilines is 2. The molecule has 7 nitrogen and oxygen atoms in total. The zero-order valence-electron chi connectivity index (χ0n) is 14.5. The van der Waals surface area contributed by atoms with Gasteiger partial charge in [-0.15, -0.1) is 21.5 Å². The molecule has 0 aliphatic carbocycles. The monoisotopic (exact) mass is 396 g/mol. The SMILES string of the molecule is Cc1nnc(NC(=O)CCNc2ncnc3scc(-c4ccccc4)c23)s1. The number of nitrogens with one attached hydrogen (secondary N) is 2. The second-order valence-electron chi connectivity index (χ2n) is 5.77. The van der Waals surface area contributed by atoms with Gasteiger partial charge in [0.15, 0.2) is 0 Å². The Kier molecular flexibility index (Phi) is 5.03. The van der Waals surface area contributed by atoms with Crippen molar-refractivity contribution in [3.8, 4) is 11.1 Å². The summed E-state index contributed by atoms with van der Waals surface area (Å²) in [6.45, 7) is 2.31. The van der Waals surface area contributed by atoms with Gasteiger partial charge in [-0.3, -0.25) is 4.79 Å². The molecule has 0 aliphatic rings. The van der Waals surface area contributed by atoms with E-state index in [1.165, 1.54) is 11.3 Å². The van der Waals surface area contributed by atoms with Crippen molar-refractivity contribution < 1.29 is 4.79 Å². The van der Waals surface area contributed by atoms with Crippen molar-refractivity contribution in [2.45, 2.75) is 13.3 Å². The fourth-order valence-electron chi connectivity index (χ4n) is 2.66. The third-order valence-corrected chi connectivity index (χ3v) is 5.51. The smallest absolute Gasteiger partial charge is 0.227 e. The van der Waals surface area contributed by atoms with Crippen LogP contribution < -0.4 is 10.6 Å². The number of aryl methyl sites for hydroxylation is 1. The lowest BCUT2D eigenvalue weighted by Crippen LogP contribution is -2.16. The summed E-state index contributed by atoms with van der Waals surface area (Å²) >= 11 is 2.94. The molecule has 4 rings (SSSR count). The van der Waals surface area contributed by atoms with Gasteiger partial charge in [-0.05, 0) is 12.5 Å². The van der Waals surface area contributed by atoms with Crippen LogP contribution in [0.25, 0.3) is 21.3 Å². The van der Waals surface area contributed by atoms with Crippen molar-refractivity contribution in [3.63, 3.8) is 0 Å². The van der Waals surface area contributed by atoms with E-state index in [-0.39, 0.29) is 5.91 Å². The molecule has 0 atom stereocenters. The van der Waals surface area contributed by atoms with Gasteiger partial charge >= 0.3 is 0 Å². The molecule has 0 unspecified atom stereocenters. The van der Waals surface area contributed by atoms with Gasteiger partial charge < -0.3 is 10.6 Å². The number of aromatic nitrogens is 4. The van der Waals surface area contributed by atoms with Crippen LogP contribution in [0.2, 0.25) is 0 Å². The van der Waals surface area contributed by atoms with E-state index in [9.17, 15) is 4.79 Å². The molecule has 0 aliphatic heterocycles. The first-order chi connectivity index (χ1) is 13.2. The van der Waals surface area contributed by atoms with Gasteiger partial charge in [0.05, 0.1) is 5.39 Å². The summed E-state index contributed by atoms with van der Waals surface area (Å²) in [6.07, 6.45) is 1.84. The van der Waals surface area contributed by atoms with Crippen LogP contribution in [0.3, 0.4) is 0 Å². The Morgan fingerprint density at radius 2 is 2.00 bits per heavy atom. The molecule has 3 aromatic heterocycles. The number of carbonyl (C=O) groups is 1. The van der Waals surface area contributed by atoms with Crippen molar-refractivity contribution in [1.82, 2.24) is 20.2 Å². The Hall–Kier alpha value is -2.91. The fraction of sp³-hybridized carbons (Fsp3) is 0.167. The molecule has 1 aromatic carbocycles. The van der Waals surface area contributed by atoms with Crippen molar-refractivity contribution in [2.24, 2.45) is 0 Å². The first-order valence-electron chi connectivity index (χ1n) is 8.32. The van der Waals surface area contributed by atoms with E-state index < -0.39 is 0 Å². The van der Waals surface area contributed by atoms with Crippen LogP contribution in [0.15, 0.2) is 42.0 Å². The zero-order valence-corrected chi connectivity index (χ0v) is 16.1. The Bertz CT molecular complexity index is 1080. The largest absolute Gasteiger partial charge is 0.369 e. The summed E-state index contributed by atoms with van der Waals surface area (Å²) in [5, 5.41) is 18.2. The van der Waals surface area contributed by atoms with E-state index in [1.807, 2.05) is 25.1 Å². The molecule has 2 N–H and O–H groups in total. The standard InChI is InChI=1S/C18H16N6OS2/c1-11-23-24-18(27-11)22-14(25)7-8-19-16-15-13(12-5-3-2-4-6-12)9-26-17(15)21-10-20-16/h2-6,9-10H,7-8H2,1H3,(H,19,20,21)(H,22,24,25). The maximum atomic E-state index is 12.1. The average Bonchev–Trinajstić information content (AvgIpc) is 3.29. The van der Waals surface area contributed by atoms with E-state index in [2.05, 4.69) is 48.3 Å². The molecule has 136 valence electrons. The number of carbonyl (C=O) groups excluding carboxylic acids is 1.